The van der Waals surface area contributed by atoms with Crippen LogP contribution in [0, 0.1) is 5.82 Å². The molecule has 74 valence electrons. The van der Waals surface area contributed by atoms with Crippen molar-refractivity contribution in [3.8, 4) is 0 Å². The summed E-state index contributed by atoms with van der Waals surface area (Å²) in [5, 5.41) is 0. The second kappa shape index (κ2) is 6.61. The molecule has 0 heterocycles. The van der Waals surface area contributed by atoms with E-state index in [-0.39, 0.29) is 5.82 Å². The van der Waals surface area contributed by atoms with Crippen LogP contribution in [0.2, 0.25) is 0 Å². The summed E-state index contributed by atoms with van der Waals surface area (Å²) in [5.41, 5.74) is 5.72. The molecule has 0 spiro atoms. The molecule has 2 heteroatoms. The van der Waals surface area contributed by atoms with Crippen molar-refractivity contribution in [2.45, 2.75) is 26.2 Å². The largest absolute Gasteiger partial charge is 0.333 e. The van der Waals surface area contributed by atoms with Crippen LogP contribution in [0.25, 0.3) is 0 Å². The summed E-state index contributed by atoms with van der Waals surface area (Å²) >= 11 is 0. The van der Waals surface area contributed by atoms with E-state index in [2.05, 4.69) is 19.6 Å². The third kappa shape index (κ3) is 4.04. The maximum Gasteiger partial charge on any atom is 0.123 e. The van der Waals surface area contributed by atoms with Crippen molar-refractivity contribution in [1.29, 1.82) is 0 Å². The SMILES string of the molecule is CCC(C)c1ccc(F)cc1.CN. The molecular formula is C11H18FN. The number of halogens is 1. The molecule has 0 fully saturated rings. The fraction of sp³-hybridized carbons (Fsp3) is 0.455. The van der Waals surface area contributed by atoms with E-state index in [1.807, 2.05) is 12.1 Å². The number of hydrogen-bond acceptors (Lipinski definition) is 1. The summed E-state index contributed by atoms with van der Waals surface area (Å²) in [6.45, 7) is 4.28. The van der Waals surface area contributed by atoms with Gasteiger partial charge in [-0.3, -0.25) is 0 Å². The van der Waals surface area contributed by atoms with Crippen LogP contribution in [0.1, 0.15) is 31.7 Å². The molecule has 0 aliphatic carbocycles. The molecule has 1 nitrogen and oxygen atoms in total. The molecule has 0 aliphatic rings. The molecule has 0 saturated heterocycles. The average Bonchev–Trinajstić information content (AvgIpc) is 2.21. The van der Waals surface area contributed by atoms with Gasteiger partial charge in [-0.25, -0.2) is 4.39 Å². The van der Waals surface area contributed by atoms with Crippen LogP contribution in [0.4, 0.5) is 4.39 Å². The number of nitrogens with two attached hydrogens (primary N) is 1. The van der Waals surface area contributed by atoms with Crippen LogP contribution in [0.3, 0.4) is 0 Å². The first-order valence-corrected chi connectivity index (χ1v) is 4.57. The van der Waals surface area contributed by atoms with Gasteiger partial charge in [0.25, 0.3) is 0 Å². The first-order valence-electron chi connectivity index (χ1n) is 4.57. The van der Waals surface area contributed by atoms with Gasteiger partial charge in [-0.15, -0.1) is 0 Å². The first kappa shape index (κ1) is 12.1. The lowest BCUT2D eigenvalue weighted by Gasteiger charge is -2.07. The lowest BCUT2D eigenvalue weighted by Crippen LogP contribution is -1.90. The summed E-state index contributed by atoms with van der Waals surface area (Å²) in [6.07, 6.45) is 1.10. The minimum Gasteiger partial charge on any atom is -0.333 e. The molecular weight excluding hydrogens is 165 g/mol. The highest BCUT2D eigenvalue weighted by molar-refractivity contribution is 5.19. The lowest BCUT2D eigenvalue weighted by molar-refractivity contribution is 0.625. The maximum absolute atomic E-state index is 12.5. The second-order valence-corrected chi connectivity index (χ2v) is 2.86. The topological polar surface area (TPSA) is 26.0 Å². The van der Waals surface area contributed by atoms with E-state index in [0.717, 1.165) is 6.42 Å². The van der Waals surface area contributed by atoms with E-state index in [1.165, 1.54) is 24.7 Å². The molecule has 1 atom stereocenters. The third-order valence-corrected chi connectivity index (χ3v) is 2.05. The van der Waals surface area contributed by atoms with Gasteiger partial charge in [0, 0.05) is 0 Å². The zero-order chi connectivity index (χ0) is 10.3. The molecule has 1 unspecified atom stereocenters. The van der Waals surface area contributed by atoms with Crippen molar-refractivity contribution in [1.82, 2.24) is 0 Å². The molecule has 0 saturated carbocycles. The zero-order valence-corrected chi connectivity index (χ0v) is 8.55. The lowest BCUT2D eigenvalue weighted by atomic mass is 9.99. The Morgan fingerprint density at radius 2 is 1.69 bits per heavy atom. The van der Waals surface area contributed by atoms with Crippen molar-refractivity contribution in [2.24, 2.45) is 5.73 Å². The molecule has 0 amide bonds. The summed E-state index contributed by atoms with van der Waals surface area (Å²) in [7, 11) is 1.50. The van der Waals surface area contributed by atoms with Crippen molar-refractivity contribution in [3.05, 3.63) is 35.6 Å². The fourth-order valence-corrected chi connectivity index (χ4v) is 1.03. The predicted molar refractivity (Wildman–Crippen MR) is 55.2 cm³/mol. The van der Waals surface area contributed by atoms with Gasteiger partial charge in [-0.2, -0.15) is 0 Å². The van der Waals surface area contributed by atoms with Gasteiger partial charge in [-0.05, 0) is 37.1 Å². The van der Waals surface area contributed by atoms with Gasteiger partial charge in [0.1, 0.15) is 5.82 Å². The highest BCUT2D eigenvalue weighted by Crippen LogP contribution is 2.17. The van der Waals surface area contributed by atoms with Gasteiger partial charge in [0.15, 0.2) is 0 Å². The van der Waals surface area contributed by atoms with Crippen LogP contribution in [0.15, 0.2) is 24.3 Å². The van der Waals surface area contributed by atoms with Gasteiger partial charge in [-0.1, -0.05) is 26.0 Å². The number of benzene rings is 1. The van der Waals surface area contributed by atoms with Gasteiger partial charge < -0.3 is 5.73 Å². The van der Waals surface area contributed by atoms with Gasteiger partial charge in [0.05, 0.1) is 0 Å². The Hall–Kier alpha value is -0.890. The van der Waals surface area contributed by atoms with Crippen LogP contribution >= 0.6 is 0 Å². The Morgan fingerprint density at radius 1 is 1.23 bits per heavy atom. The van der Waals surface area contributed by atoms with Crippen molar-refractivity contribution < 1.29 is 4.39 Å². The monoisotopic (exact) mass is 183 g/mol. The maximum atomic E-state index is 12.5. The van der Waals surface area contributed by atoms with E-state index in [1.54, 1.807) is 0 Å². The van der Waals surface area contributed by atoms with Gasteiger partial charge >= 0.3 is 0 Å². The Kier molecular flexibility index (Phi) is 6.15. The normalized spacial score (nSPS) is 11.5. The van der Waals surface area contributed by atoms with E-state index >= 15 is 0 Å². The summed E-state index contributed by atoms with van der Waals surface area (Å²) in [6, 6.07) is 6.73. The molecule has 0 aromatic heterocycles. The molecule has 1 aromatic rings. The Bertz CT molecular complexity index is 218. The van der Waals surface area contributed by atoms with Crippen LogP contribution in [-0.4, -0.2) is 7.05 Å². The van der Waals surface area contributed by atoms with E-state index < -0.39 is 0 Å². The highest BCUT2D eigenvalue weighted by atomic mass is 19.1. The molecule has 0 bridgehead atoms. The summed E-state index contributed by atoms with van der Waals surface area (Å²) in [4.78, 5) is 0. The number of hydrogen-bond donors (Lipinski definition) is 1. The van der Waals surface area contributed by atoms with Crippen molar-refractivity contribution in [2.75, 3.05) is 7.05 Å². The van der Waals surface area contributed by atoms with Crippen molar-refractivity contribution in [3.63, 3.8) is 0 Å². The van der Waals surface area contributed by atoms with E-state index in [4.69, 9.17) is 0 Å². The summed E-state index contributed by atoms with van der Waals surface area (Å²) in [5.74, 6) is 0.382. The minimum atomic E-state index is -0.156. The third-order valence-electron chi connectivity index (χ3n) is 2.05. The quantitative estimate of drug-likeness (QED) is 0.749. The van der Waals surface area contributed by atoms with Crippen LogP contribution in [0.5, 0.6) is 0 Å². The molecule has 0 radical (unpaired) electrons. The van der Waals surface area contributed by atoms with Gasteiger partial charge in [0.2, 0.25) is 0 Å². The van der Waals surface area contributed by atoms with Crippen LogP contribution < -0.4 is 5.73 Å². The van der Waals surface area contributed by atoms with E-state index in [9.17, 15) is 4.39 Å². The molecule has 1 aromatic carbocycles. The number of rotatable bonds is 2. The Labute approximate surface area is 79.8 Å². The smallest absolute Gasteiger partial charge is 0.123 e. The van der Waals surface area contributed by atoms with Crippen LogP contribution in [-0.2, 0) is 0 Å². The molecule has 0 aliphatic heterocycles. The highest BCUT2D eigenvalue weighted by Gasteiger charge is 2.01. The standard InChI is InChI=1S/C10H13F.CH5N/c1-3-8(2)9-4-6-10(11)7-5-9;1-2/h4-8H,3H2,1-2H3;2H2,1H3. The minimum absolute atomic E-state index is 0.156. The average molecular weight is 183 g/mol. The molecule has 13 heavy (non-hydrogen) atoms. The predicted octanol–water partition coefficient (Wildman–Crippen LogP) is 2.91. The first-order chi connectivity index (χ1) is 6.24. The zero-order valence-electron chi connectivity index (χ0n) is 8.55. The fourth-order valence-electron chi connectivity index (χ4n) is 1.03. The van der Waals surface area contributed by atoms with Crippen molar-refractivity contribution >= 4 is 0 Å². The Balaban J connectivity index is 0.000000671. The molecule has 2 N–H and O–H groups in total. The molecule has 1 rings (SSSR count). The van der Waals surface area contributed by atoms with E-state index in [0.29, 0.717) is 5.92 Å². The Morgan fingerprint density at radius 3 is 2.08 bits per heavy atom. The summed E-state index contributed by atoms with van der Waals surface area (Å²) < 4.78 is 12.5. The second-order valence-electron chi connectivity index (χ2n) is 2.86.